The standard InChI is InChI=1S/C14H31BN/c1-7-9-11-16(12-10-8-2)15-14(5,6)13(3)4/h13H,7-12H2,1-6H3. The molecule has 0 rings (SSSR count). The van der Waals surface area contributed by atoms with Gasteiger partial charge in [0.25, 0.3) is 0 Å². The Morgan fingerprint density at radius 1 is 1.00 bits per heavy atom. The van der Waals surface area contributed by atoms with E-state index in [9.17, 15) is 0 Å². The summed E-state index contributed by atoms with van der Waals surface area (Å²) in [5.41, 5.74) is 0. The van der Waals surface area contributed by atoms with Crippen molar-refractivity contribution >= 4 is 7.41 Å². The highest BCUT2D eigenvalue weighted by Gasteiger charge is 2.26. The van der Waals surface area contributed by atoms with Gasteiger partial charge in [0.1, 0.15) is 0 Å². The van der Waals surface area contributed by atoms with Gasteiger partial charge in [-0.1, -0.05) is 54.4 Å². The maximum atomic E-state index is 2.55. The van der Waals surface area contributed by atoms with Crippen LogP contribution in [0.2, 0.25) is 5.31 Å². The van der Waals surface area contributed by atoms with Crippen LogP contribution in [-0.4, -0.2) is 25.3 Å². The minimum atomic E-state index is 0.321. The number of unbranched alkanes of at least 4 members (excludes halogenated alkanes) is 2. The Morgan fingerprint density at radius 3 is 1.75 bits per heavy atom. The molecular weight excluding hydrogens is 193 g/mol. The summed E-state index contributed by atoms with van der Waals surface area (Å²) in [5, 5.41) is 0.321. The van der Waals surface area contributed by atoms with Crippen LogP contribution >= 0.6 is 0 Å². The predicted octanol–water partition coefficient (Wildman–Crippen LogP) is 4.36. The minimum Gasteiger partial charge on any atom is -0.346 e. The predicted molar refractivity (Wildman–Crippen MR) is 76.0 cm³/mol. The summed E-state index contributed by atoms with van der Waals surface area (Å²) in [6, 6.07) is 0. The molecule has 0 aromatic carbocycles. The quantitative estimate of drug-likeness (QED) is 0.526. The van der Waals surface area contributed by atoms with Crippen molar-refractivity contribution in [3.8, 4) is 0 Å². The second kappa shape index (κ2) is 8.17. The Labute approximate surface area is 104 Å². The molecule has 0 heterocycles. The molecule has 0 amide bonds. The van der Waals surface area contributed by atoms with Crippen LogP contribution in [0.25, 0.3) is 0 Å². The van der Waals surface area contributed by atoms with E-state index in [1.165, 1.54) is 38.8 Å². The van der Waals surface area contributed by atoms with Gasteiger partial charge in [0.15, 0.2) is 0 Å². The molecule has 0 atom stereocenters. The van der Waals surface area contributed by atoms with Gasteiger partial charge in [-0.3, -0.25) is 0 Å². The highest BCUT2D eigenvalue weighted by atomic mass is 15.0. The van der Waals surface area contributed by atoms with Crippen LogP contribution in [0, 0.1) is 5.92 Å². The first-order valence-electron chi connectivity index (χ1n) is 7.04. The van der Waals surface area contributed by atoms with Crippen LogP contribution in [0.1, 0.15) is 67.2 Å². The van der Waals surface area contributed by atoms with E-state index < -0.39 is 0 Å². The first-order valence-corrected chi connectivity index (χ1v) is 7.04. The van der Waals surface area contributed by atoms with E-state index in [0.717, 1.165) is 0 Å². The van der Waals surface area contributed by atoms with Crippen LogP contribution in [0.5, 0.6) is 0 Å². The molecule has 0 saturated heterocycles. The zero-order valence-corrected chi connectivity index (χ0v) is 12.3. The van der Waals surface area contributed by atoms with Crippen molar-refractivity contribution in [2.45, 2.75) is 72.5 Å². The lowest BCUT2D eigenvalue weighted by Gasteiger charge is -2.34. The zero-order valence-electron chi connectivity index (χ0n) is 12.3. The summed E-state index contributed by atoms with van der Waals surface area (Å²) in [4.78, 5) is 2.55. The molecule has 0 aliphatic carbocycles. The van der Waals surface area contributed by atoms with E-state index in [-0.39, 0.29) is 0 Å². The number of hydrogen-bond donors (Lipinski definition) is 0. The molecule has 0 bridgehead atoms. The molecule has 0 spiro atoms. The fourth-order valence-electron chi connectivity index (χ4n) is 1.58. The normalized spacial score (nSPS) is 12.5. The largest absolute Gasteiger partial charge is 0.346 e. The van der Waals surface area contributed by atoms with E-state index in [2.05, 4.69) is 53.8 Å². The lowest BCUT2D eigenvalue weighted by Crippen LogP contribution is -2.38. The Kier molecular flexibility index (Phi) is 8.18. The van der Waals surface area contributed by atoms with E-state index in [1.54, 1.807) is 0 Å². The van der Waals surface area contributed by atoms with Crippen LogP contribution < -0.4 is 0 Å². The molecule has 1 nitrogen and oxygen atoms in total. The molecule has 0 aromatic heterocycles. The SMILES string of the molecule is CCCCN([B]C(C)(C)C(C)C)CCCC. The van der Waals surface area contributed by atoms with Crippen LogP contribution in [-0.2, 0) is 0 Å². The average molecular weight is 224 g/mol. The highest BCUT2D eigenvalue weighted by Crippen LogP contribution is 2.33. The Hall–Kier alpha value is 0.0249. The summed E-state index contributed by atoms with van der Waals surface area (Å²) in [6.45, 7) is 16.3. The van der Waals surface area contributed by atoms with Crippen molar-refractivity contribution in [3.05, 3.63) is 0 Å². The lowest BCUT2D eigenvalue weighted by molar-refractivity contribution is 0.376. The molecule has 0 aromatic rings. The molecule has 0 aliphatic rings. The van der Waals surface area contributed by atoms with Crippen molar-refractivity contribution in [2.24, 2.45) is 5.92 Å². The monoisotopic (exact) mass is 224 g/mol. The van der Waals surface area contributed by atoms with Crippen molar-refractivity contribution in [1.82, 2.24) is 4.81 Å². The molecule has 0 unspecified atom stereocenters. The minimum absolute atomic E-state index is 0.321. The van der Waals surface area contributed by atoms with Gasteiger partial charge in [0, 0.05) is 0 Å². The van der Waals surface area contributed by atoms with E-state index in [0.29, 0.717) is 11.2 Å². The van der Waals surface area contributed by atoms with E-state index in [1.807, 2.05) is 0 Å². The Morgan fingerprint density at radius 2 is 1.44 bits per heavy atom. The van der Waals surface area contributed by atoms with E-state index >= 15 is 0 Å². The molecule has 1 radical (unpaired) electrons. The number of hydrogen-bond acceptors (Lipinski definition) is 1. The Bertz CT molecular complexity index is 158. The van der Waals surface area contributed by atoms with E-state index in [4.69, 9.17) is 0 Å². The molecule has 2 heteroatoms. The van der Waals surface area contributed by atoms with Crippen LogP contribution in [0.15, 0.2) is 0 Å². The third-order valence-corrected chi connectivity index (χ3v) is 3.60. The second-order valence-electron chi connectivity index (χ2n) is 5.85. The van der Waals surface area contributed by atoms with Crippen molar-refractivity contribution in [2.75, 3.05) is 13.1 Å². The summed E-state index contributed by atoms with van der Waals surface area (Å²) in [5.74, 6) is 0.707. The second-order valence-corrected chi connectivity index (χ2v) is 5.85. The molecule has 95 valence electrons. The van der Waals surface area contributed by atoms with Crippen molar-refractivity contribution < 1.29 is 0 Å². The molecule has 0 N–H and O–H groups in total. The van der Waals surface area contributed by atoms with Gasteiger partial charge in [-0.25, -0.2) is 0 Å². The highest BCUT2D eigenvalue weighted by molar-refractivity contribution is 6.36. The summed E-state index contributed by atoms with van der Waals surface area (Å²) in [6.07, 6.45) is 5.21. The van der Waals surface area contributed by atoms with Gasteiger partial charge >= 0.3 is 0 Å². The zero-order chi connectivity index (χ0) is 12.6. The average Bonchev–Trinajstić information content (AvgIpc) is 2.21. The van der Waals surface area contributed by atoms with Gasteiger partial charge in [-0.2, -0.15) is 0 Å². The molecule has 16 heavy (non-hydrogen) atoms. The first kappa shape index (κ1) is 16.0. The van der Waals surface area contributed by atoms with Crippen molar-refractivity contribution in [1.29, 1.82) is 0 Å². The first-order chi connectivity index (χ1) is 7.44. The smallest absolute Gasteiger partial charge is 0.214 e. The lowest BCUT2D eigenvalue weighted by atomic mass is 9.56. The van der Waals surface area contributed by atoms with Gasteiger partial charge in [-0.15, -0.1) is 0 Å². The maximum absolute atomic E-state index is 2.55. The van der Waals surface area contributed by atoms with Gasteiger partial charge in [0.05, 0.1) is 0 Å². The molecule has 0 saturated carbocycles. The van der Waals surface area contributed by atoms with Crippen LogP contribution in [0.3, 0.4) is 0 Å². The summed E-state index contributed by atoms with van der Waals surface area (Å²) < 4.78 is 0. The number of nitrogens with zero attached hydrogens (tertiary/aromatic N) is 1. The topological polar surface area (TPSA) is 3.24 Å². The fraction of sp³-hybridized carbons (Fsp3) is 1.00. The fourth-order valence-corrected chi connectivity index (χ4v) is 1.58. The molecule has 0 fully saturated rings. The van der Waals surface area contributed by atoms with Crippen molar-refractivity contribution in [3.63, 3.8) is 0 Å². The Balaban J connectivity index is 4.17. The van der Waals surface area contributed by atoms with Gasteiger partial charge in [-0.05, 0) is 37.2 Å². The molecular formula is C14H31BN. The third-order valence-electron chi connectivity index (χ3n) is 3.60. The third kappa shape index (κ3) is 6.57. The van der Waals surface area contributed by atoms with Crippen LogP contribution in [0.4, 0.5) is 0 Å². The summed E-state index contributed by atoms with van der Waals surface area (Å²) in [7, 11) is 2.48. The maximum Gasteiger partial charge on any atom is 0.214 e. The number of rotatable bonds is 9. The summed E-state index contributed by atoms with van der Waals surface area (Å²) >= 11 is 0. The van der Waals surface area contributed by atoms with Gasteiger partial charge in [0.2, 0.25) is 7.41 Å². The molecule has 0 aliphatic heterocycles. The van der Waals surface area contributed by atoms with Gasteiger partial charge < -0.3 is 4.81 Å².